The first-order valence-corrected chi connectivity index (χ1v) is 9.71. The highest BCUT2D eigenvalue weighted by Gasteiger charge is 2.70. The molecule has 152 valence electrons. The predicted octanol–water partition coefficient (Wildman–Crippen LogP) is 2.30. The maximum atomic E-state index is 12.5. The molecule has 2 aliphatic heterocycles. The number of thiazole rings is 1. The lowest BCUT2D eigenvalue weighted by atomic mass is 10.3. The third-order valence-corrected chi connectivity index (χ3v) is 6.12. The third-order valence-electron chi connectivity index (χ3n) is 4.85. The van der Waals surface area contributed by atoms with Gasteiger partial charge in [0.15, 0.2) is 0 Å². The summed E-state index contributed by atoms with van der Waals surface area (Å²) in [5, 5.41) is 10.0. The van der Waals surface area contributed by atoms with Crippen molar-refractivity contribution in [2.45, 2.75) is 38.8 Å². The molecule has 2 aromatic rings. The normalized spacial score (nSPS) is 24.4. The van der Waals surface area contributed by atoms with Crippen molar-refractivity contribution in [3.05, 3.63) is 28.5 Å². The largest absolute Gasteiger partial charge is 0.389 e. The Labute approximate surface area is 162 Å². The van der Waals surface area contributed by atoms with E-state index in [1.807, 2.05) is 4.90 Å². The maximum Gasteiger partial charge on any atom is 0.389 e. The summed E-state index contributed by atoms with van der Waals surface area (Å²) in [6, 6.07) is 0. The lowest BCUT2D eigenvalue weighted by Gasteiger charge is -2.11. The number of amides is 1. The second-order valence-corrected chi connectivity index (χ2v) is 7.88. The zero-order valence-corrected chi connectivity index (χ0v) is 15.9. The summed E-state index contributed by atoms with van der Waals surface area (Å²) in [7, 11) is 0. The number of alkyl halides is 3. The molecule has 0 spiro atoms. The van der Waals surface area contributed by atoms with Crippen molar-refractivity contribution in [2.24, 2.45) is 0 Å². The van der Waals surface area contributed by atoms with Crippen LogP contribution in [0.2, 0.25) is 0 Å². The second kappa shape index (κ2) is 7.10. The number of hydrogen-bond acceptors (Lipinski definition) is 6. The van der Waals surface area contributed by atoms with Gasteiger partial charge in [-0.3, -0.25) is 9.89 Å². The first kappa shape index (κ1) is 19.3. The average Bonchev–Trinajstić information content (AvgIpc) is 3.00. The average molecular weight is 417 g/mol. The molecule has 2 unspecified atom stereocenters. The summed E-state index contributed by atoms with van der Waals surface area (Å²) in [5.41, 5.74) is 1.47. The summed E-state index contributed by atoms with van der Waals surface area (Å²) in [4.78, 5) is 25.2. The van der Waals surface area contributed by atoms with Gasteiger partial charge < -0.3 is 5.32 Å². The van der Waals surface area contributed by atoms with Crippen LogP contribution in [0, 0.1) is 6.92 Å². The number of carbonyl (C=O) groups excluding carboxylic acids is 1. The molecule has 2 saturated heterocycles. The molecule has 1 amide bonds. The summed E-state index contributed by atoms with van der Waals surface area (Å²) >= 11 is 1.27. The van der Waals surface area contributed by atoms with Gasteiger partial charge in [0.25, 0.3) is 5.91 Å². The Morgan fingerprint density at radius 3 is 3.04 bits per heavy atom. The van der Waals surface area contributed by atoms with Crippen molar-refractivity contribution >= 4 is 22.4 Å². The molecular weight excluding hydrogens is 397 g/mol. The number of carbonyl (C=O) groups is 1. The Morgan fingerprint density at radius 2 is 2.36 bits per heavy atom. The van der Waals surface area contributed by atoms with Crippen molar-refractivity contribution in [3.8, 4) is 0 Å². The predicted molar refractivity (Wildman–Crippen MR) is 95.0 cm³/mol. The number of fused-ring (bicyclic) bond motifs is 1. The number of hydrogen-bond donors (Lipinski definition) is 2. The van der Waals surface area contributed by atoms with Gasteiger partial charge in [-0.2, -0.15) is 23.3 Å². The van der Waals surface area contributed by atoms with Crippen molar-refractivity contribution in [1.82, 2.24) is 30.0 Å². The Hall–Kier alpha value is -2.02. The van der Waals surface area contributed by atoms with Gasteiger partial charge in [-0.05, 0) is 24.7 Å². The van der Waals surface area contributed by atoms with E-state index >= 15 is 0 Å². The SMILES string of the molecule is Cc1nc([N+]23CCN(CCCC(F)(F)F)C2O3)sc1C(=O)NCc1cn[nH]c1. The number of H-pyrrole nitrogens is 1. The smallest absolute Gasteiger partial charge is 0.347 e. The molecule has 0 aliphatic carbocycles. The summed E-state index contributed by atoms with van der Waals surface area (Å²) in [6.45, 7) is 3.70. The van der Waals surface area contributed by atoms with Gasteiger partial charge in [-0.25, -0.2) is 4.90 Å². The molecule has 0 aromatic carbocycles. The number of aryl methyl sites for hydroxylation is 1. The molecule has 2 aromatic heterocycles. The topological polar surface area (TPSA) is 86.4 Å². The maximum absolute atomic E-state index is 12.5. The van der Waals surface area contributed by atoms with E-state index in [0.717, 1.165) is 5.56 Å². The molecule has 8 nitrogen and oxygen atoms in total. The van der Waals surface area contributed by atoms with Crippen LogP contribution in [0.25, 0.3) is 0 Å². The van der Waals surface area contributed by atoms with E-state index in [1.165, 1.54) is 11.3 Å². The highest BCUT2D eigenvalue weighted by Crippen LogP contribution is 2.48. The van der Waals surface area contributed by atoms with Crippen LogP contribution in [-0.2, 0) is 11.4 Å². The number of aromatic amines is 1. The van der Waals surface area contributed by atoms with E-state index in [9.17, 15) is 18.0 Å². The lowest BCUT2D eigenvalue weighted by Crippen LogP contribution is -2.27. The standard InChI is InChI=1S/C16H19F3N6O2S/c1-10-12(13(26)20-7-11-8-21-22-9-11)28-14(23-10)25-6-5-24(15(25)27-25)4-2-3-16(17,18)19/h8-9,15H,2-7H2,1H3,(H-,20,21,22,26)/p+1. The van der Waals surface area contributed by atoms with Crippen LogP contribution in [0.5, 0.6) is 0 Å². The zero-order chi connectivity index (χ0) is 19.9. The molecule has 0 bridgehead atoms. The summed E-state index contributed by atoms with van der Waals surface area (Å²) in [6.07, 6.45) is -1.86. The van der Waals surface area contributed by atoms with Crippen molar-refractivity contribution < 1.29 is 22.8 Å². The molecule has 2 fully saturated rings. The highest BCUT2D eigenvalue weighted by molar-refractivity contribution is 7.17. The number of quaternary nitrogens is 1. The second-order valence-electron chi connectivity index (χ2n) is 6.91. The van der Waals surface area contributed by atoms with E-state index in [0.29, 0.717) is 41.9 Å². The molecule has 2 aliphatic rings. The highest BCUT2D eigenvalue weighted by atomic mass is 32.1. The van der Waals surface area contributed by atoms with Gasteiger partial charge >= 0.3 is 17.7 Å². The van der Waals surface area contributed by atoms with Crippen molar-refractivity contribution in [3.63, 3.8) is 0 Å². The molecule has 28 heavy (non-hydrogen) atoms. The van der Waals surface area contributed by atoms with Crippen LogP contribution in [-0.4, -0.2) is 58.2 Å². The van der Waals surface area contributed by atoms with Crippen LogP contribution < -0.4 is 9.96 Å². The molecule has 4 heterocycles. The van der Waals surface area contributed by atoms with Gasteiger partial charge in [-0.15, -0.1) is 4.84 Å². The molecular formula is C16H20F3N6O2S+. The first-order valence-electron chi connectivity index (χ1n) is 8.89. The molecule has 4 rings (SSSR count). The zero-order valence-electron chi connectivity index (χ0n) is 15.1. The van der Waals surface area contributed by atoms with Crippen molar-refractivity contribution in [2.75, 3.05) is 19.6 Å². The molecule has 2 atom stereocenters. The van der Waals surface area contributed by atoms with Crippen LogP contribution in [0.15, 0.2) is 12.4 Å². The summed E-state index contributed by atoms with van der Waals surface area (Å²) < 4.78 is 37.2. The fourth-order valence-electron chi connectivity index (χ4n) is 3.35. The minimum absolute atomic E-state index is 0.0436. The van der Waals surface area contributed by atoms with Crippen LogP contribution in [0.4, 0.5) is 18.3 Å². The lowest BCUT2D eigenvalue weighted by molar-refractivity contribution is -0.136. The molecule has 12 heteroatoms. The van der Waals surface area contributed by atoms with Gasteiger partial charge in [0.05, 0.1) is 18.4 Å². The van der Waals surface area contributed by atoms with Crippen LogP contribution >= 0.6 is 11.3 Å². The van der Waals surface area contributed by atoms with Gasteiger partial charge in [0.2, 0.25) is 0 Å². The fourth-order valence-corrected chi connectivity index (χ4v) is 4.46. The Bertz CT molecular complexity index is 855. The van der Waals surface area contributed by atoms with E-state index < -0.39 is 12.6 Å². The number of aromatic nitrogens is 3. The minimum Gasteiger partial charge on any atom is -0.347 e. The monoisotopic (exact) mass is 417 g/mol. The third kappa shape index (κ3) is 3.77. The first-order chi connectivity index (χ1) is 13.3. The van der Waals surface area contributed by atoms with Gasteiger partial charge in [0.1, 0.15) is 11.4 Å². The minimum atomic E-state index is -4.14. The van der Waals surface area contributed by atoms with E-state index in [4.69, 9.17) is 4.84 Å². The molecule has 2 N–H and O–H groups in total. The summed E-state index contributed by atoms with van der Waals surface area (Å²) in [5.74, 6) is -0.222. The van der Waals surface area contributed by atoms with Crippen molar-refractivity contribution in [1.29, 1.82) is 0 Å². The van der Waals surface area contributed by atoms with Gasteiger partial charge in [-0.1, -0.05) is 4.65 Å². The van der Waals surface area contributed by atoms with E-state index in [1.54, 1.807) is 19.3 Å². The number of hydroxylamine groups is 2. The number of halogens is 3. The fraction of sp³-hybridized carbons (Fsp3) is 0.562. The molecule has 0 radical (unpaired) electrons. The van der Waals surface area contributed by atoms with Crippen LogP contribution in [0.1, 0.15) is 33.8 Å². The van der Waals surface area contributed by atoms with E-state index in [-0.39, 0.29) is 23.3 Å². The van der Waals surface area contributed by atoms with Gasteiger partial charge in [0, 0.05) is 31.3 Å². The quantitative estimate of drug-likeness (QED) is 0.533. The Kier molecular flexibility index (Phi) is 4.89. The Balaban J connectivity index is 1.37. The molecule has 0 saturated carbocycles. The van der Waals surface area contributed by atoms with E-state index in [2.05, 4.69) is 20.5 Å². The van der Waals surface area contributed by atoms with Crippen LogP contribution in [0.3, 0.4) is 0 Å². The number of rotatable bonds is 7. The number of nitrogens with zero attached hydrogens (tertiary/aromatic N) is 4. The number of nitrogens with one attached hydrogen (secondary N) is 2. The Morgan fingerprint density at radius 1 is 1.54 bits per heavy atom.